The topological polar surface area (TPSA) is 72.6 Å². The van der Waals surface area contributed by atoms with E-state index < -0.39 is 12.0 Å². The van der Waals surface area contributed by atoms with Crippen LogP contribution in [0.4, 0.5) is 0 Å². The molecule has 0 saturated heterocycles. The highest BCUT2D eigenvalue weighted by Gasteiger charge is 2.12. The second-order valence-corrected chi connectivity index (χ2v) is 3.12. The van der Waals surface area contributed by atoms with Gasteiger partial charge in [0.25, 0.3) is 0 Å². The van der Waals surface area contributed by atoms with Crippen LogP contribution in [0, 0.1) is 0 Å². The van der Waals surface area contributed by atoms with Gasteiger partial charge in [-0.2, -0.15) is 0 Å². The van der Waals surface area contributed by atoms with E-state index >= 15 is 0 Å². The summed E-state index contributed by atoms with van der Waals surface area (Å²) < 4.78 is 4.86. The van der Waals surface area contributed by atoms with E-state index in [2.05, 4.69) is 0 Å². The van der Waals surface area contributed by atoms with Crippen molar-refractivity contribution in [3.05, 3.63) is 0 Å². The number of hydrogen-bond donors (Lipinski definition) is 1. The van der Waals surface area contributed by atoms with Crippen LogP contribution in [-0.2, 0) is 14.3 Å². The number of esters is 1. The van der Waals surface area contributed by atoms with Crippen LogP contribution in [0.25, 0.3) is 0 Å². The number of rotatable bonds is 5. The molecule has 5 nitrogen and oxygen atoms in total. The summed E-state index contributed by atoms with van der Waals surface area (Å²) in [6.07, 6.45) is 0.557. The maximum absolute atomic E-state index is 11.1. The van der Waals surface area contributed by atoms with Gasteiger partial charge in [-0.05, 0) is 6.42 Å². The molecule has 0 saturated carbocycles. The van der Waals surface area contributed by atoms with Gasteiger partial charge in [0.05, 0.1) is 6.54 Å². The Morgan fingerprint density at radius 3 is 2.50 bits per heavy atom. The number of nitrogens with zero attached hydrogens (tertiary/aromatic N) is 1. The molecule has 0 rings (SSSR count). The van der Waals surface area contributed by atoms with Crippen molar-refractivity contribution in [1.29, 1.82) is 0 Å². The van der Waals surface area contributed by atoms with Crippen LogP contribution < -0.4 is 5.73 Å². The maximum atomic E-state index is 11.1. The lowest BCUT2D eigenvalue weighted by Gasteiger charge is -2.15. The highest BCUT2D eigenvalue weighted by Crippen LogP contribution is 1.91. The van der Waals surface area contributed by atoms with E-state index in [1.807, 2.05) is 6.92 Å². The Labute approximate surface area is 84.2 Å². The van der Waals surface area contributed by atoms with Gasteiger partial charge >= 0.3 is 5.97 Å². The smallest absolute Gasteiger partial charge is 0.322 e. The molecule has 0 bridgehead atoms. The predicted molar refractivity (Wildman–Crippen MR) is 52.5 cm³/mol. The number of amides is 1. The molecule has 0 aliphatic carbocycles. The van der Waals surface area contributed by atoms with Gasteiger partial charge in [-0.25, -0.2) is 0 Å². The molecule has 1 amide bonds. The third-order valence-electron chi connectivity index (χ3n) is 1.95. The van der Waals surface area contributed by atoms with Gasteiger partial charge in [0.1, 0.15) is 12.6 Å². The Morgan fingerprint density at radius 1 is 1.50 bits per heavy atom. The molecule has 0 aliphatic heterocycles. The lowest BCUT2D eigenvalue weighted by Crippen LogP contribution is -2.34. The first-order valence-corrected chi connectivity index (χ1v) is 4.63. The zero-order chi connectivity index (χ0) is 11.1. The SMILES string of the molecule is CC[C@H](N)C(=O)OCCN(C)C(C)=O. The molecule has 0 spiro atoms. The summed E-state index contributed by atoms with van der Waals surface area (Å²) in [6.45, 7) is 3.87. The molecule has 5 heteroatoms. The van der Waals surface area contributed by atoms with Crippen LogP contribution in [0.15, 0.2) is 0 Å². The fourth-order valence-corrected chi connectivity index (χ4v) is 0.714. The van der Waals surface area contributed by atoms with Crippen LogP contribution in [0.3, 0.4) is 0 Å². The average molecular weight is 202 g/mol. The molecule has 0 aromatic rings. The van der Waals surface area contributed by atoms with E-state index in [0.717, 1.165) is 0 Å². The van der Waals surface area contributed by atoms with Gasteiger partial charge < -0.3 is 15.4 Å². The number of nitrogens with two attached hydrogens (primary N) is 1. The lowest BCUT2D eigenvalue weighted by atomic mass is 10.2. The second-order valence-electron chi connectivity index (χ2n) is 3.12. The van der Waals surface area contributed by atoms with Crippen molar-refractivity contribution in [3.8, 4) is 0 Å². The van der Waals surface area contributed by atoms with Crippen LogP contribution in [0.1, 0.15) is 20.3 Å². The van der Waals surface area contributed by atoms with Crippen molar-refractivity contribution >= 4 is 11.9 Å². The normalized spacial score (nSPS) is 12.0. The first-order chi connectivity index (χ1) is 6.49. The van der Waals surface area contributed by atoms with E-state index in [1.165, 1.54) is 11.8 Å². The van der Waals surface area contributed by atoms with Gasteiger partial charge in [-0.1, -0.05) is 6.92 Å². The molecular weight excluding hydrogens is 184 g/mol. The Hall–Kier alpha value is -1.10. The van der Waals surface area contributed by atoms with Crippen LogP contribution in [0.5, 0.6) is 0 Å². The van der Waals surface area contributed by atoms with Crippen molar-refractivity contribution in [2.75, 3.05) is 20.2 Å². The van der Waals surface area contributed by atoms with Gasteiger partial charge in [-0.15, -0.1) is 0 Å². The Kier molecular flexibility index (Phi) is 5.87. The largest absolute Gasteiger partial charge is 0.463 e. The molecule has 14 heavy (non-hydrogen) atoms. The van der Waals surface area contributed by atoms with Crippen LogP contribution in [-0.4, -0.2) is 43.0 Å². The molecular formula is C9H18N2O3. The van der Waals surface area contributed by atoms with Crippen molar-refractivity contribution < 1.29 is 14.3 Å². The number of carbonyl (C=O) groups is 2. The third-order valence-corrected chi connectivity index (χ3v) is 1.95. The zero-order valence-electron chi connectivity index (χ0n) is 8.95. The van der Waals surface area contributed by atoms with Crippen molar-refractivity contribution in [1.82, 2.24) is 4.90 Å². The van der Waals surface area contributed by atoms with E-state index in [4.69, 9.17) is 10.5 Å². The minimum Gasteiger partial charge on any atom is -0.463 e. The molecule has 1 atom stereocenters. The number of carbonyl (C=O) groups excluding carboxylic acids is 2. The first-order valence-electron chi connectivity index (χ1n) is 4.63. The summed E-state index contributed by atoms with van der Waals surface area (Å²) in [5.41, 5.74) is 5.44. The summed E-state index contributed by atoms with van der Waals surface area (Å²) in [6, 6.07) is -0.558. The summed E-state index contributed by atoms with van der Waals surface area (Å²) in [4.78, 5) is 23.3. The standard InChI is InChI=1S/C9H18N2O3/c1-4-8(10)9(13)14-6-5-11(3)7(2)12/h8H,4-6,10H2,1-3H3/t8-/m0/s1. The van der Waals surface area contributed by atoms with E-state index in [9.17, 15) is 9.59 Å². The fourth-order valence-electron chi connectivity index (χ4n) is 0.714. The predicted octanol–water partition coefficient (Wildman–Crippen LogP) is -0.255. The summed E-state index contributed by atoms with van der Waals surface area (Å²) >= 11 is 0. The van der Waals surface area contributed by atoms with Crippen molar-refractivity contribution in [2.24, 2.45) is 5.73 Å². The molecule has 0 aliphatic rings. The molecule has 0 aromatic carbocycles. The summed E-state index contributed by atoms with van der Waals surface area (Å²) in [7, 11) is 1.65. The monoisotopic (exact) mass is 202 g/mol. The summed E-state index contributed by atoms with van der Waals surface area (Å²) in [5.74, 6) is -0.467. The quantitative estimate of drug-likeness (QED) is 0.624. The summed E-state index contributed by atoms with van der Waals surface area (Å²) in [5, 5.41) is 0. The molecule has 0 aromatic heterocycles. The highest BCUT2D eigenvalue weighted by molar-refractivity contribution is 5.75. The Bertz CT molecular complexity index is 206. The van der Waals surface area contributed by atoms with E-state index in [1.54, 1.807) is 7.05 Å². The lowest BCUT2D eigenvalue weighted by molar-refractivity contribution is -0.146. The van der Waals surface area contributed by atoms with E-state index in [0.29, 0.717) is 13.0 Å². The molecule has 2 N–H and O–H groups in total. The first kappa shape index (κ1) is 12.9. The van der Waals surface area contributed by atoms with Gasteiger partial charge in [0.2, 0.25) is 5.91 Å². The molecule has 82 valence electrons. The molecule has 0 unspecified atom stereocenters. The van der Waals surface area contributed by atoms with Gasteiger partial charge in [0.15, 0.2) is 0 Å². The number of likely N-dealkylation sites (N-methyl/N-ethyl adjacent to an activating group) is 1. The minimum absolute atomic E-state index is 0.0548. The van der Waals surface area contributed by atoms with Crippen LogP contribution >= 0.6 is 0 Å². The highest BCUT2D eigenvalue weighted by atomic mass is 16.5. The molecule has 0 heterocycles. The molecule has 0 fully saturated rings. The van der Waals surface area contributed by atoms with Crippen molar-refractivity contribution in [2.45, 2.75) is 26.3 Å². The van der Waals surface area contributed by atoms with Crippen molar-refractivity contribution in [3.63, 3.8) is 0 Å². The second kappa shape index (κ2) is 6.37. The fraction of sp³-hybridized carbons (Fsp3) is 0.778. The van der Waals surface area contributed by atoms with Gasteiger partial charge in [0, 0.05) is 14.0 Å². The van der Waals surface area contributed by atoms with E-state index in [-0.39, 0.29) is 12.5 Å². The number of ether oxygens (including phenoxy) is 1. The minimum atomic E-state index is -0.558. The Morgan fingerprint density at radius 2 is 2.07 bits per heavy atom. The Balaban J connectivity index is 3.64. The third kappa shape index (κ3) is 4.81. The maximum Gasteiger partial charge on any atom is 0.322 e. The average Bonchev–Trinajstić information content (AvgIpc) is 2.15. The number of hydrogen-bond acceptors (Lipinski definition) is 4. The molecule has 0 radical (unpaired) electrons. The van der Waals surface area contributed by atoms with Crippen LogP contribution in [0.2, 0.25) is 0 Å². The zero-order valence-corrected chi connectivity index (χ0v) is 8.95. The van der Waals surface area contributed by atoms with Gasteiger partial charge in [-0.3, -0.25) is 9.59 Å².